The number of aromatic nitrogens is 5. The van der Waals surface area contributed by atoms with Gasteiger partial charge in [-0.3, -0.25) is 9.36 Å². The zero-order valence-corrected chi connectivity index (χ0v) is 21.5. The fourth-order valence-corrected chi connectivity index (χ4v) is 3.13. The van der Waals surface area contributed by atoms with Gasteiger partial charge in [-0.25, -0.2) is 9.78 Å². The number of hydrogen-bond donors (Lipinski definition) is 0. The van der Waals surface area contributed by atoms with Crippen LogP contribution >= 0.6 is 0 Å². The van der Waals surface area contributed by atoms with Crippen LogP contribution in [-0.4, -0.2) is 54.4 Å². The molecule has 9 nitrogen and oxygen atoms in total. The highest BCUT2D eigenvalue weighted by Crippen LogP contribution is 2.36. The third-order valence-corrected chi connectivity index (χ3v) is 5.66. The molecule has 182 valence electrons. The third-order valence-electron chi connectivity index (χ3n) is 5.66. The first-order valence-corrected chi connectivity index (χ1v) is 11.2. The molecule has 34 heavy (non-hydrogen) atoms. The Kier molecular flexibility index (Phi) is 7.05. The fraction of sp³-hybridized carbons (Fsp3) is 0.500. The van der Waals surface area contributed by atoms with Crippen LogP contribution in [0.2, 0.25) is 0 Å². The van der Waals surface area contributed by atoms with E-state index in [9.17, 15) is 4.79 Å². The van der Waals surface area contributed by atoms with Crippen LogP contribution in [0.1, 0.15) is 59.0 Å². The number of ether oxygens (including phenoxy) is 1. The summed E-state index contributed by atoms with van der Waals surface area (Å²) < 4.78 is 20.5. The van der Waals surface area contributed by atoms with Crippen molar-refractivity contribution in [1.82, 2.24) is 24.5 Å². The van der Waals surface area contributed by atoms with Gasteiger partial charge in [0, 0.05) is 55.5 Å². The predicted octanol–water partition coefficient (Wildman–Crippen LogP) is 3.16. The van der Waals surface area contributed by atoms with Gasteiger partial charge in [0.2, 0.25) is 0 Å². The second-order valence-corrected chi connectivity index (χ2v) is 10.4. The van der Waals surface area contributed by atoms with Gasteiger partial charge in [-0.05, 0) is 54.5 Å². The van der Waals surface area contributed by atoms with Gasteiger partial charge >= 0.3 is 13.1 Å². The van der Waals surface area contributed by atoms with Gasteiger partial charge in [0.25, 0.3) is 0 Å². The summed E-state index contributed by atoms with van der Waals surface area (Å²) >= 11 is 0. The molecule has 3 aromatic heterocycles. The topological polar surface area (TPSA) is 93.3 Å². The van der Waals surface area contributed by atoms with Crippen molar-refractivity contribution in [3.63, 3.8) is 0 Å². The second-order valence-electron chi connectivity index (χ2n) is 10.4. The van der Waals surface area contributed by atoms with Gasteiger partial charge in [0.15, 0.2) is 0 Å². The third kappa shape index (κ3) is 6.12. The van der Waals surface area contributed by atoms with Crippen LogP contribution in [-0.2, 0) is 28.1 Å². The van der Waals surface area contributed by atoms with Crippen molar-refractivity contribution in [2.45, 2.75) is 65.3 Å². The molecule has 0 radical (unpaired) electrons. The van der Waals surface area contributed by atoms with Crippen molar-refractivity contribution < 1.29 is 18.8 Å². The lowest BCUT2D eigenvalue weighted by Gasteiger charge is -2.32. The van der Waals surface area contributed by atoms with Crippen LogP contribution < -0.4 is 5.46 Å². The van der Waals surface area contributed by atoms with Gasteiger partial charge in [0.05, 0.1) is 17.4 Å². The number of carbonyl (C=O) groups excluding carboxylic acids is 1. The molecule has 0 spiro atoms. The highest BCUT2D eigenvalue weighted by molar-refractivity contribution is 6.61. The number of carbonyl (C=O) groups is 1. The summed E-state index contributed by atoms with van der Waals surface area (Å²) in [6, 6.07) is 3.50. The zero-order valence-electron chi connectivity index (χ0n) is 21.5. The Bertz CT molecular complexity index is 1110. The molecule has 0 aliphatic carbocycles. The van der Waals surface area contributed by atoms with Crippen LogP contribution in [0.3, 0.4) is 0 Å². The zero-order chi connectivity index (χ0) is 25.3. The van der Waals surface area contributed by atoms with Crippen molar-refractivity contribution in [1.29, 1.82) is 0 Å². The lowest BCUT2D eigenvalue weighted by molar-refractivity contribution is 0.00578. The smallest absolute Gasteiger partial charge is 0.455 e. The minimum absolute atomic E-state index is 0.284. The summed E-state index contributed by atoms with van der Waals surface area (Å²) in [6.45, 7) is 13.7. The molecule has 1 aliphatic rings. The summed E-state index contributed by atoms with van der Waals surface area (Å²) in [7, 11) is 3.43. The van der Waals surface area contributed by atoms with Gasteiger partial charge in [-0.1, -0.05) is 6.07 Å². The number of aryl methyl sites for hydroxylation is 2. The first kappa shape index (κ1) is 25.6. The van der Waals surface area contributed by atoms with Crippen LogP contribution in [0.4, 0.5) is 0 Å². The Balaban J connectivity index is 0.000000196. The minimum atomic E-state index is -0.513. The predicted molar refractivity (Wildman–Crippen MR) is 131 cm³/mol. The molecule has 0 N–H and O–H groups in total. The van der Waals surface area contributed by atoms with E-state index in [1.807, 2.05) is 81.0 Å². The first-order chi connectivity index (χ1) is 15.7. The lowest BCUT2D eigenvalue weighted by Crippen LogP contribution is -2.41. The van der Waals surface area contributed by atoms with Crippen molar-refractivity contribution in [3.05, 3.63) is 48.8 Å². The van der Waals surface area contributed by atoms with Gasteiger partial charge < -0.3 is 14.0 Å². The van der Waals surface area contributed by atoms with E-state index < -0.39 is 11.6 Å². The molecule has 4 heterocycles. The monoisotopic (exact) mass is 467 g/mol. The average Bonchev–Trinajstić information content (AvgIpc) is 3.39. The number of esters is 1. The van der Waals surface area contributed by atoms with E-state index >= 15 is 0 Å². The average molecular weight is 467 g/mol. The fourth-order valence-electron chi connectivity index (χ4n) is 3.13. The SMILES string of the molecule is Cn1cc(-c2ccc(C(=O)OC(C)(C)C)nc2)cn1.Cn1cc(B2OC(C)(C)C(C)(C)O2)cn1. The van der Waals surface area contributed by atoms with Gasteiger partial charge in [-0.15, -0.1) is 0 Å². The first-order valence-electron chi connectivity index (χ1n) is 11.2. The molecule has 0 saturated carbocycles. The van der Waals surface area contributed by atoms with Crippen molar-refractivity contribution >= 4 is 18.6 Å². The van der Waals surface area contributed by atoms with Gasteiger partial charge in [0.1, 0.15) is 11.3 Å². The van der Waals surface area contributed by atoms with E-state index in [-0.39, 0.29) is 18.3 Å². The second kappa shape index (κ2) is 9.35. The van der Waals surface area contributed by atoms with E-state index in [1.54, 1.807) is 34.0 Å². The highest BCUT2D eigenvalue weighted by atomic mass is 16.7. The maximum absolute atomic E-state index is 11.8. The Morgan fingerprint density at radius 3 is 1.94 bits per heavy atom. The number of rotatable bonds is 3. The van der Waals surface area contributed by atoms with Crippen molar-refractivity contribution in [2.75, 3.05) is 0 Å². The van der Waals surface area contributed by atoms with E-state index in [0.717, 1.165) is 16.6 Å². The molecule has 3 aromatic rings. The van der Waals surface area contributed by atoms with Crippen molar-refractivity contribution in [2.24, 2.45) is 14.1 Å². The minimum Gasteiger partial charge on any atom is -0.455 e. The van der Waals surface area contributed by atoms with Gasteiger partial charge in [-0.2, -0.15) is 10.2 Å². The number of pyridine rings is 1. The molecule has 0 aromatic carbocycles. The van der Waals surface area contributed by atoms with Crippen LogP contribution in [0.5, 0.6) is 0 Å². The lowest BCUT2D eigenvalue weighted by atomic mass is 9.82. The maximum Gasteiger partial charge on any atom is 0.498 e. The molecule has 0 atom stereocenters. The summed E-state index contributed by atoms with van der Waals surface area (Å²) in [5.41, 5.74) is 2.08. The van der Waals surface area contributed by atoms with E-state index in [0.29, 0.717) is 5.69 Å². The summed E-state index contributed by atoms with van der Waals surface area (Å²) in [5.74, 6) is -0.412. The Hall–Kier alpha value is -2.98. The van der Waals surface area contributed by atoms with Crippen LogP contribution in [0.25, 0.3) is 11.1 Å². The molecular formula is C24H34BN5O4. The number of nitrogens with zero attached hydrogens (tertiary/aromatic N) is 5. The molecule has 4 rings (SSSR count). The summed E-state index contributed by atoms with van der Waals surface area (Å²) in [5, 5.41) is 8.21. The van der Waals surface area contributed by atoms with Crippen LogP contribution in [0.15, 0.2) is 43.1 Å². The molecule has 1 saturated heterocycles. The maximum atomic E-state index is 11.8. The molecule has 10 heteroatoms. The quantitative estimate of drug-likeness (QED) is 0.432. The normalized spacial score (nSPS) is 16.7. The standard InChI is InChI=1S/C14H17N3O2.C10H17BN2O2/c1-14(2,3)19-13(18)12-6-5-10(7-15-12)11-8-16-17(4)9-11;1-9(2)10(3,4)15-11(14-9)8-6-12-13(5)7-8/h5-9H,1-4H3;6-7H,1-5H3. The molecular weight excluding hydrogens is 433 g/mol. The van der Waals surface area contributed by atoms with E-state index in [2.05, 4.69) is 15.2 Å². The summed E-state index contributed by atoms with van der Waals surface area (Å²) in [6.07, 6.45) is 8.99. The van der Waals surface area contributed by atoms with Crippen LogP contribution in [0, 0.1) is 0 Å². The molecule has 1 fully saturated rings. The molecule has 1 aliphatic heterocycles. The Morgan fingerprint density at radius 2 is 1.50 bits per heavy atom. The summed E-state index contributed by atoms with van der Waals surface area (Å²) in [4.78, 5) is 15.9. The highest BCUT2D eigenvalue weighted by Gasteiger charge is 2.52. The molecule has 0 amide bonds. The molecule has 0 bridgehead atoms. The largest absolute Gasteiger partial charge is 0.498 e. The Morgan fingerprint density at radius 1 is 0.912 bits per heavy atom. The van der Waals surface area contributed by atoms with E-state index in [4.69, 9.17) is 14.0 Å². The van der Waals surface area contributed by atoms with E-state index in [1.165, 1.54) is 0 Å². The molecule has 0 unspecified atom stereocenters. The Labute approximate surface area is 201 Å². The van der Waals surface area contributed by atoms with Crippen molar-refractivity contribution in [3.8, 4) is 11.1 Å². The number of hydrogen-bond acceptors (Lipinski definition) is 7.